The smallest absolute Gasteiger partial charge is 0.260 e. The molecule has 1 aliphatic heterocycles. The average Bonchev–Trinajstić information content (AvgIpc) is 2.62. The summed E-state index contributed by atoms with van der Waals surface area (Å²) >= 11 is 12.1. The van der Waals surface area contributed by atoms with E-state index in [0.717, 1.165) is 5.41 Å². The number of halogens is 2. The number of nitrogens with zero attached hydrogens (tertiary/aromatic N) is 1. The Labute approximate surface area is 173 Å². The summed E-state index contributed by atoms with van der Waals surface area (Å²) in [5.41, 5.74) is 0.330. The van der Waals surface area contributed by atoms with Gasteiger partial charge in [0.05, 0.1) is 15.7 Å². The molecule has 1 saturated heterocycles. The summed E-state index contributed by atoms with van der Waals surface area (Å²) in [6.45, 7) is 5.15. The SMILES string of the molecule is C=CS(=O)(=O)NC1CCN(C(=O)COc2cc(NC(C)=O)c(Cl)cc2Cl)CC1. The van der Waals surface area contributed by atoms with Gasteiger partial charge in [-0.05, 0) is 18.9 Å². The molecule has 0 unspecified atom stereocenters. The quantitative estimate of drug-likeness (QED) is 0.664. The fourth-order valence-corrected chi connectivity index (χ4v) is 3.96. The van der Waals surface area contributed by atoms with Gasteiger partial charge in [0.2, 0.25) is 15.9 Å². The lowest BCUT2D eigenvalue weighted by molar-refractivity contribution is -0.134. The fourth-order valence-electron chi connectivity index (χ4n) is 2.68. The van der Waals surface area contributed by atoms with E-state index in [4.69, 9.17) is 27.9 Å². The molecule has 1 aromatic carbocycles. The van der Waals surface area contributed by atoms with Gasteiger partial charge in [-0.25, -0.2) is 13.1 Å². The first-order chi connectivity index (χ1) is 13.1. The van der Waals surface area contributed by atoms with Crippen molar-refractivity contribution in [1.82, 2.24) is 9.62 Å². The Kier molecular flexibility index (Phi) is 7.70. The van der Waals surface area contributed by atoms with Crippen LogP contribution in [0.4, 0.5) is 5.69 Å². The molecule has 2 N–H and O–H groups in total. The Hall–Kier alpha value is -1.81. The highest BCUT2D eigenvalue weighted by Gasteiger charge is 2.25. The normalized spacial score (nSPS) is 15.2. The molecule has 2 rings (SSSR count). The Morgan fingerprint density at radius 3 is 2.50 bits per heavy atom. The summed E-state index contributed by atoms with van der Waals surface area (Å²) in [6, 6.07) is 2.64. The van der Waals surface area contributed by atoms with Gasteiger partial charge in [0, 0.05) is 37.5 Å². The summed E-state index contributed by atoms with van der Waals surface area (Å²) < 4.78 is 31.0. The van der Waals surface area contributed by atoms with Gasteiger partial charge in [-0.15, -0.1) is 0 Å². The maximum atomic E-state index is 12.4. The number of ether oxygens (including phenoxy) is 1. The average molecular weight is 450 g/mol. The molecule has 0 bridgehead atoms. The van der Waals surface area contributed by atoms with E-state index in [-0.39, 0.29) is 40.3 Å². The molecule has 1 heterocycles. The maximum absolute atomic E-state index is 12.4. The lowest BCUT2D eigenvalue weighted by Gasteiger charge is -2.32. The molecule has 11 heteroatoms. The van der Waals surface area contributed by atoms with Crippen LogP contribution in [0.15, 0.2) is 24.1 Å². The van der Waals surface area contributed by atoms with E-state index < -0.39 is 10.0 Å². The molecular weight excluding hydrogens is 429 g/mol. The van der Waals surface area contributed by atoms with Crippen LogP contribution in [0.1, 0.15) is 19.8 Å². The van der Waals surface area contributed by atoms with E-state index in [1.165, 1.54) is 19.1 Å². The second-order valence-corrected chi connectivity index (χ2v) is 8.69. The molecule has 0 aromatic heterocycles. The Morgan fingerprint density at radius 2 is 1.93 bits per heavy atom. The van der Waals surface area contributed by atoms with Gasteiger partial charge in [-0.3, -0.25) is 9.59 Å². The number of carbonyl (C=O) groups is 2. The molecule has 2 amide bonds. The van der Waals surface area contributed by atoms with E-state index in [0.29, 0.717) is 31.6 Å². The lowest BCUT2D eigenvalue weighted by Crippen LogP contribution is -2.47. The lowest BCUT2D eigenvalue weighted by atomic mass is 10.1. The van der Waals surface area contributed by atoms with Gasteiger partial charge in [-0.1, -0.05) is 29.8 Å². The molecule has 1 aromatic rings. The first-order valence-electron chi connectivity index (χ1n) is 8.43. The maximum Gasteiger partial charge on any atom is 0.260 e. The number of benzene rings is 1. The molecular formula is C17H21Cl2N3O5S. The first kappa shape index (κ1) is 22.5. The number of amides is 2. The molecule has 0 saturated carbocycles. The minimum Gasteiger partial charge on any atom is -0.482 e. The third-order valence-corrected chi connectivity index (χ3v) is 5.79. The number of rotatable bonds is 7. The number of nitrogens with one attached hydrogen (secondary N) is 2. The molecule has 8 nitrogen and oxygen atoms in total. The zero-order chi connectivity index (χ0) is 20.9. The van der Waals surface area contributed by atoms with Crippen LogP contribution in [-0.4, -0.2) is 50.9 Å². The number of likely N-dealkylation sites (tertiary alicyclic amines) is 1. The molecule has 0 spiro atoms. The monoisotopic (exact) mass is 449 g/mol. The Balaban J connectivity index is 1.91. The van der Waals surface area contributed by atoms with Gasteiger partial charge in [0.25, 0.3) is 5.91 Å². The van der Waals surface area contributed by atoms with Crippen molar-refractivity contribution in [3.05, 3.63) is 34.2 Å². The standard InChI is InChI=1S/C17H21Cl2N3O5S/c1-3-28(25,26)21-12-4-6-22(7-5-12)17(24)10-27-16-9-15(20-11(2)23)13(18)8-14(16)19/h3,8-9,12,21H,1,4-7,10H2,2H3,(H,20,23). The van der Waals surface area contributed by atoms with Crippen LogP contribution in [0.2, 0.25) is 10.0 Å². The Bertz CT molecular complexity index is 868. The first-order valence-corrected chi connectivity index (χ1v) is 10.7. The highest BCUT2D eigenvalue weighted by Crippen LogP contribution is 2.34. The molecule has 154 valence electrons. The number of piperidine rings is 1. The fraction of sp³-hybridized carbons (Fsp3) is 0.412. The highest BCUT2D eigenvalue weighted by molar-refractivity contribution is 7.92. The second kappa shape index (κ2) is 9.60. The van der Waals surface area contributed by atoms with Crippen LogP contribution in [0.3, 0.4) is 0 Å². The van der Waals surface area contributed by atoms with Crippen LogP contribution in [0, 0.1) is 0 Å². The van der Waals surface area contributed by atoms with Crippen LogP contribution in [-0.2, 0) is 19.6 Å². The number of sulfonamides is 1. The summed E-state index contributed by atoms with van der Waals surface area (Å²) in [6.07, 6.45) is 0.986. The van der Waals surface area contributed by atoms with Crippen LogP contribution in [0.25, 0.3) is 0 Å². The van der Waals surface area contributed by atoms with Crippen molar-refractivity contribution < 1.29 is 22.7 Å². The van der Waals surface area contributed by atoms with E-state index in [2.05, 4.69) is 16.6 Å². The van der Waals surface area contributed by atoms with E-state index in [1.807, 2.05) is 0 Å². The van der Waals surface area contributed by atoms with E-state index >= 15 is 0 Å². The minimum absolute atomic E-state index is 0.212. The van der Waals surface area contributed by atoms with Crippen molar-refractivity contribution in [3.8, 4) is 5.75 Å². The molecule has 1 fully saturated rings. The zero-order valence-electron chi connectivity index (χ0n) is 15.2. The predicted octanol–water partition coefficient (Wildman–Crippen LogP) is 2.38. The molecule has 1 aliphatic rings. The van der Waals surface area contributed by atoms with Crippen molar-refractivity contribution in [3.63, 3.8) is 0 Å². The van der Waals surface area contributed by atoms with Gasteiger partial charge in [0.15, 0.2) is 6.61 Å². The van der Waals surface area contributed by atoms with Crippen molar-refractivity contribution in [2.24, 2.45) is 0 Å². The van der Waals surface area contributed by atoms with Crippen LogP contribution < -0.4 is 14.8 Å². The van der Waals surface area contributed by atoms with Gasteiger partial charge in [0.1, 0.15) is 5.75 Å². The van der Waals surface area contributed by atoms with Crippen molar-refractivity contribution in [2.75, 3.05) is 25.0 Å². The predicted molar refractivity (Wildman–Crippen MR) is 108 cm³/mol. The second-order valence-electron chi connectivity index (χ2n) is 6.22. The van der Waals surface area contributed by atoms with E-state index in [9.17, 15) is 18.0 Å². The van der Waals surface area contributed by atoms with Crippen molar-refractivity contribution in [1.29, 1.82) is 0 Å². The summed E-state index contributed by atoms with van der Waals surface area (Å²) in [4.78, 5) is 25.2. The largest absolute Gasteiger partial charge is 0.482 e. The molecule has 0 aliphatic carbocycles. The number of anilines is 1. The number of carbonyl (C=O) groups excluding carboxylic acids is 2. The zero-order valence-corrected chi connectivity index (χ0v) is 17.5. The number of hydrogen-bond acceptors (Lipinski definition) is 5. The molecule has 28 heavy (non-hydrogen) atoms. The van der Waals surface area contributed by atoms with Gasteiger partial charge >= 0.3 is 0 Å². The molecule has 0 atom stereocenters. The number of hydrogen-bond donors (Lipinski definition) is 2. The summed E-state index contributed by atoms with van der Waals surface area (Å²) in [5, 5.41) is 3.88. The summed E-state index contributed by atoms with van der Waals surface area (Å²) in [7, 11) is -3.49. The van der Waals surface area contributed by atoms with E-state index in [1.54, 1.807) is 4.90 Å². The van der Waals surface area contributed by atoms with Crippen LogP contribution in [0.5, 0.6) is 5.75 Å². The minimum atomic E-state index is -3.49. The van der Waals surface area contributed by atoms with Crippen molar-refractivity contribution >= 4 is 50.7 Å². The van der Waals surface area contributed by atoms with Gasteiger partial charge in [-0.2, -0.15) is 0 Å². The third-order valence-electron chi connectivity index (χ3n) is 4.08. The highest BCUT2D eigenvalue weighted by atomic mass is 35.5. The topological polar surface area (TPSA) is 105 Å². The Morgan fingerprint density at radius 1 is 1.29 bits per heavy atom. The third kappa shape index (κ3) is 6.37. The molecule has 0 radical (unpaired) electrons. The summed E-state index contributed by atoms with van der Waals surface area (Å²) in [5.74, 6) is -0.338. The van der Waals surface area contributed by atoms with Crippen molar-refractivity contribution in [2.45, 2.75) is 25.8 Å². The van der Waals surface area contributed by atoms with Gasteiger partial charge < -0.3 is 15.0 Å². The van der Waals surface area contributed by atoms with Crippen LogP contribution >= 0.6 is 23.2 Å².